The van der Waals surface area contributed by atoms with E-state index >= 15 is 0 Å². The standard InChI is InChI=1S/C12H15I2NO2/c13-7-4-8(12(17)9(14)5-7)10(15)11(16)6-2-1-3-6/h4-6,10-11,16-17H,1-3,15H2/t10-,11+/m0/s1. The van der Waals surface area contributed by atoms with Crippen molar-refractivity contribution in [1.29, 1.82) is 0 Å². The average Bonchev–Trinajstić information content (AvgIpc) is 2.19. The highest BCUT2D eigenvalue weighted by molar-refractivity contribution is 14.1. The zero-order chi connectivity index (χ0) is 12.6. The first-order valence-corrected chi connectivity index (χ1v) is 7.78. The van der Waals surface area contributed by atoms with Crippen LogP contribution in [0, 0.1) is 13.1 Å². The average molecular weight is 459 g/mol. The first-order chi connectivity index (χ1) is 8.00. The van der Waals surface area contributed by atoms with Crippen LogP contribution in [0.5, 0.6) is 5.75 Å². The lowest BCUT2D eigenvalue weighted by Crippen LogP contribution is -2.36. The smallest absolute Gasteiger partial charge is 0.133 e. The molecule has 2 rings (SSSR count). The molecule has 3 nitrogen and oxygen atoms in total. The van der Waals surface area contributed by atoms with Gasteiger partial charge < -0.3 is 15.9 Å². The van der Waals surface area contributed by atoms with E-state index in [1.807, 2.05) is 12.1 Å². The fraction of sp³-hybridized carbons (Fsp3) is 0.500. The Morgan fingerprint density at radius 3 is 2.47 bits per heavy atom. The molecule has 0 aliphatic heterocycles. The van der Waals surface area contributed by atoms with Crippen LogP contribution < -0.4 is 5.73 Å². The Morgan fingerprint density at radius 2 is 1.94 bits per heavy atom. The highest BCUT2D eigenvalue weighted by Gasteiger charge is 2.32. The molecule has 4 N–H and O–H groups in total. The summed E-state index contributed by atoms with van der Waals surface area (Å²) in [6, 6.07) is 3.25. The first kappa shape index (κ1) is 13.8. The molecule has 1 aliphatic carbocycles. The van der Waals surface area contributed by atoms with Crippen LogP contribution in [0.1, 0.15) is 30.9 Å². The van der Waals surface area contributed by atoms with Gasteiger partial charge in [-0.05, 0) is 76.1 Å². The summed E-state index contributed by atoms with van der Waals surface area (Å²) in [5.74, 6) is 0.497. The van der Waals surface area contributed by atoms with Crippen molar-refractivity contribution in [2.45, 2.75) is 31.4 Å². The van der Waals surface area contributed by atoms with Crippen LogP contribution in [0.2, 0.25) is 0 Å². The van der Waals surface area contributed by atoms with E-state index in [1.54, 1.807) is 0 Å². The number of hydrogen-bond acceptors (Lipinski definition) is 3. The van der Waals surface area contributed by atoms with Crippen molar-refractivity contribution in [2.24, 2.45) is 11.7 Å². The second-order valence-electron chi connectivity index (χ2n) is 4.53. The Bertz CT molecular complexity index is 421. The van der Waals surface area contributed by atoms with E-state index in [-0.39, 0.29) is 5.75 Å². The highest BCUT2D eigenvalue weighted by Crippen LogP contribution is 2.38. The van der Waals surface area contributed by atoms with Crippen LogP contribution in [0.15, 0.2) is 12.1 Å². The predicted molar refractivity (Wildman–Crippen MR) is 83.8 cm³/mol. The molecular weight excluding hydrogens is 444 g/mol. The minimum atomic E-state index is -0.552. The Morgan fingerprint density at radius 1 is 1.29 bits per heavy atom. The molecule has 1 aliphatic rings. The lowest BCUT2D eigenvalue weighted by Gasteiger charge is -2.34. The summed E-state index contributed by atoms with van der Waals surface area (Å²) in [7, 11) is 0. The summed E-state index contributed by atoms with van der Waals surface area (Å²) in [5, 5.41) is 20.2. The Hall–Kier alpha value is 0.400. The van der Waals surface area contributed by atoms with E-state index in [2.05, 4.69) is 45.2 Å². The molecule has 0 radical (unpaired) electrons. The lowest BCUT2D eigenvalue weighted by molar-refractivity contribution is 0.0407. The van der Waals surface area contributed by atoms with Gasteiger partial charge >= 0.3 is 0 Å². The molecule has 0 bridgehead atoms. The van der Waals surface area contributed by atoms with Crippen LogP contribution >= 0.6 is 45.2 Å². The molecule has 2 atom stereocenters. The zero-order valence-electron chi connectivity index (χ0n) is 9.24. The fourth-order valence-corrected chi connectivity index (χ4v) is 3.99. The molecular formula is C12H15I2NO2. The van der Waals surface area contributed by atoms with Gasteiger partial charge in [0.2, 0.25) is 0 Å². The number of nitrogens with two attached hydrogens (primary N) is 1. The molecule has 5 heteroatoms. The molecule has 17 heavy (non-hydrogen) atoms. The summed E-state index contributed by atoms with van der Waals surface area (Å²) >= 11 is 4.27. The van der Waals surface area contributed by atoms with Gasteiger partial charge in [-0.15, -0.1) is 0 Å². The van der Waals surface area contributed by atoms with Crippen molar-refractivity contribution in [2.75, 3.05) is 0 Å². The third kappa shape index (κ3) is 2.87. The van der Waals surface area contributed by atoms with Gasteiger partial charge in [-0.1, -0.05) is 6.42 Å². The number of halogens is 2. The maximum Gasteiger partial charge on any atom is 0.133 e. The first-order valence-electron chi connectivity index (χ1n) is 5.62. The van der Waals surface area contributed by atoms with Crippen molar-refractivity contribution in [3.05, 3.63) is 24.8 Å². The van der Waals surface area contributed by atoms with Crippen LogP contribution in [0.3, 0.4) is 0 Å². The molecule has 0 unspecified atom stereocenters. The fourth-order valence-electron chi connectivity index (χ4n) is 2.10. The Kier molecular flexibility index (Phi) is 4.54. The summed E-state index contributed by atoms with van der Waals surface area (Å²) in [6.45, 7) is 0. The number of hydrogen-bond donors (Lipinski definition) is 3. The Balaban J connectivity index is 2.26. The molecule has 0 heterocycles. The van der Waals surface area contributed by atoms with E-state index < -0.39 is 12.1 Å². The third-order valence-electron chi connectivity index (χ3n) is 3.42. The monoisotopic (exact) mass is 459 g/mol. The van der Waals surface area contributed by atoms with Crippen LogP contribution in [-0.2, 0) is 0 Å². The van der Waals surface area contributed by atoms with Gasteiger partial charge in [0.1, 0.15) is 5.75 Å². The second-order valence-corrected chi connectivity index (χ2v) is 6.94. The number of aliphatic hydroxyl groups excluding tert-OH is 1. The molecule has 0 amide bonds. The van der Waals surface area contributed by atoms with E-state index in [0.717, 1.165) is 20.0 Å². The molecule has 0 spiro atoms. The van der Waals surface area contributed by atoms with Gasteiger partial charge in [0, 0.05) is 9.13 Å². The summed E-state index contributed by atoms with van der Waals surface area (Å²) < 4.78 is 1.80. The van der Waals surface area contributed by atoms with Crippen LogP contribution in [-0.4, -0.2) is 16.3 Å². The van der Waals surface area contributed by atoms with Gasteiger partial charge in [-0.25, -0.2) is 0 Å². The van der Waals surface area contributed by atoms with Crippen LogP contribution in [0.25, 0.3) is 0 Å². The summed E-state index contributed by atoms with van der Waals surface area (Å²) in [4.78, 5) is 0. The maximum atomic E-state index is 10.2. The minimum absolute atomic E-state index is 0.205. The molecule has 1 aromatic rings. The molecule has 1 aromatic carbocycles. The van der Waals surface area contributed by atoms with Crippen molar-refractivity contribution >= 4 is 45.2 Å². The molecule has 0 saturated heterocycles. The van der Waals surface area contributed by atoms with Crippen molar-refractivity contribution in [1.82, 2.24) is 0 Å². The normalized spacial score (nSPS) is 19.8. The Labute approximate surface area is 128 Å². The largest absolute Gasteiger partial charge is 0.506 e. The molecule has 0 aromatic heterocycles. The third-order valence-corrected chi connectivity index (χ3v) is 4.86. The van der Waals surface area contributed by atoms with Gasteiger partial charge in [0.25, 0.3) is 0 Å². The zero-order valence-corrected chi connectivity index (χ0v) is 13.6. The number of phenols is 1. The van der Waals surface area contributed by atoms with Gasteiger partial charge in [-0.3, -0.25) is 0 Å². The number of aliphatic hydroxyl groups is 1. The van der Waals surface area contributed by atoms with Gasteiger partial charge in [0.05, 0.1) is 15.7 Å². The SMILES string of the molecule is N[C@@H](c1cc(I)cc(I)c1O)[C@H](O)C1CCC1. The highest BCUT2D eigenvalue weighted by atomic mass is 127. The molecule has 94 valence electrons. The maximum absolute atomic E-state index is 10.2. The van der Waals surface area contributed by atoms with Gasteiger partial charge in [0.15, 0.2) is 0 Å². The second kappa shape index (κ2) is 5.58. The molecule has 1 fully saturated rings. The van der Waals surface area contributed by atoms with Crippen molar-refractivity contribution in [3.8, 4) is 5.75 Å². The quantitative estimate of drug-likeness (QED) is 0.610. The summed E-state index contributed by atoms with van der Waals surface area (Å²) in [6.07, 6.45) is 2.70. The predicted octanol–water partition coefficient (Wildman–Crippen LogP) is 2.76. The number of benzene rings is 1. The van der Waals surface area contributed by atoms with Crippen molar-refractivity contribution in [3.63, 3.8) is 0 Å². The topological polar surface area (TPSA) is 66.5 Å². The summed E-state index contributed by atoms with van der Waals surface area (Å²) in [5.41, 5.74) is 6.72. The minimum Gasteiger partial charge on any atom is -0.506 e. The van der Waals surface area contributed by atoms with E-state index in [9.17, 15) is 10.2 Å². The number of aromatic hydroxyl groups is 1. The van der Waals surface area contributed by atoms with E-state index in [0.29, 0.717) is 11.5 Å². The van der Waals surface area contributed by atoms with Gasteiger partial charge in [-0.2, -0.15) is 0 Å². The number of phenolic OH excluding ortho intramolecular Hbond substituents is 1. The van der Waals surface area contributed by atoms with Crippen molar-refractivity contribution < 1.29 is 10.2 Å². The lowest BCUT2D eigenvalue weighted by atomic mass is 9.77. The number of rotatable bonds is 3. The van der Waals surface area contributed by atoms with Crippen LogP contribution in [0.4, 0.5) is 0 Å². The van der Waals surface area contributed by atoms with E-state index in [4.69, 9.17) is 5.73 Å². The molecule has 1 saturated carbocycles. The van der Waals surface area contributed by atoms with E-state index in [1.165, 1.54) is 6.42 Å².